The van der Waals surface area contributed by atoms with E-state index in [-0.39, 0.29) is 16.2 Å². The van der Waals surface area contributed by atoms with Crippen LogP contribution in [-0.4, -0.2) is 44.2 Å². The minimum atomic E-state index is 0.117. The van der Waals surface area contributed by atoms with Gasteiger partial charge in [-0.05, 0) is 50.5 Å². The van der Waals surface area contributed by atoms with Gasteiger partial charge in [-0.2, -0.15) is 0 Å². The van der Waals surface area contributed by atoms with Crippen molar-refractivity contribution in [2.45, 2.75) is 52.4 Å². The average molecular weight is 389 g/mol. The van der Waals surface area contributed by atoms with Crippen LogP contribution < -0.4 is 27.3 Å². The zero-order valence-electron chi connectivity index (χ0n) is 20.8. The third kappa shape index (κ3) is 2.52. The van der Waals surface area contributed by atoms with Gasteiger partial charge in [0.05, 0.1) is 5.69 Å². The highest BCUT2D eigenvalue weighted by Gasteiger charge is 2.56. The molecule has 1 aromatic heterocycles. The molecule has 0 spiro atoms. The first-order valence-corrected chi connectivity index (χ1v) is 11.3. The quantitative estimate of drug-likeness (QED) is 0.431. The normalized spacial score (nSPS) is 18.5. The highest BCUT2D eigenvalue weighted by atomic mass is 14.7. The van der Waals surface area contributed by atoms with Crippen molar-refractivity contribution in [3.8, 4) is 11.3 Å². The molecule has 1 nitrogen and oxygen atoms in total. The van der Waals surface area contributed by atoms with Gasteiger partial charge in [-0.3, -0.25) is 4.98 Å². The van der Waals surface area contributed by atoms with E-state index in [0.29, 0.717) is 0 Å². The van der Waals surface area contributed by atoms with Crippen molar-refractivity contribution in [2.24, 2.45) is 5.41 Å². The first-order chi connectivity index (χ1) is 13.7. The van der Waals surface area contributed by atoms with E-state index in [1.54, 1.807) is 0 Å². The molecule has 0 bridgehead atoms. The van der Waals surface area contributed by atoms with Crippen molar-refractivity contribution in [2.75, 3.05) is 0 Å². The Kier molecular flexibility index (Phi) is 4.53. The fourth-order valence-corrected chi connectivity index (χ4v) is 5.70. The Labute approximate surface area is 186 Å². The lowest BCUT2D eigenvalue weighted by Gasteiger charge is -2.44. The summed E-state index contributed by atoms with van der Waals surface area (Å²) < 4.78 is 0. The van der Waals surface area contributed by atoms with Crippen LogP contribution in [0, 0.1) is 5.41 Å². The summed E-state index contributed by atoms with van der Waals surface area (Å²) in [5.41, 5.74) is 12.7. The number of nitrogens with zero attached hydrogens (tertiary/aromatic N) is 1. The molecule has 148 valence electrons. The van der Waals surface area contributed by atoms with Crippen LogP contribution in [0.2, 0.25) is 0 Å². The van der Waals surface area contributed by atoms with E-state index < -0.39 is 0 Å². The summed E-state index contributed by atoms with van der Waals surface area (Å²) in [7, 11) is 11.2. The number of rotatable bonds is 1. The number of benzene rings is 2. The Morgan fingerprint density at radius 1 is 0.600 bits per heavy atom. The summed E-state index contributed by atoms with van der Waals surface area (Å²) in [5, 5.41) is 2.55. The van der Waals surface area contributed by atoms with Crippen molar-refractivity contribution < 1.29 is 0 Å². The molecule has 6 heteroatoms. The van der Waals surface area contributed by atoms with E-state index in [2.05, 4.69) is 105 Å². The number of pyridine rings is 1. The molecule has 3 aromatic rings. The Morgan fingerprint density at radius 3 is 1.53 bits per heavy atom. The molecule has 1 aliphatic carbocycles. The van der Waals surface area contributed by atoms with Crippen LogP contribution in [0.3, 0.4) is 0 Å². The lowest BCUT2D eigenvalue weighted by Crippen LogP contribution is -2.55. The molecule has 0 amide bonds. The Hall–Kier alpha value is -1.83. The number of fused-ring (bicyclic) bond motifs is 2. The van der Waals surface area contributed by atoms with Gasteiger partial charge in [-0.1, -0.05) is 58.5 Å². The van der Waals surface area contributed by atoms with Gasteiger partial charge in [0.2, 0.25) is 0 Å². The Balaban J connectivity index is 2.00. The monoisotopic (exact) mass is 389 g/mol. The molecule has 0 radical (unpaired) electrons. The summed E-state index contributed by atoms with van der Waals surface area (Å²) in [6.45, 7) is 14.5. The molecule has 0 saturated carbocycles. The highest BCUT2D eigenvalue weighted by molar-refractivity contribution is 6.68. The third-order valence-corrected chi connectivity index (χ3v) is 9.59. The second-order valence-corrected chi connectivity index (χ2v) is 11.2. The molecule has 0 saturated heterocycles. The smallest absolute Gasteiger partial charge is 0.139 e. The van der Waals surface area contributed by atoms with Crippen molar-refractivity contribution >= 4 is 77.3 Å². The predicted molar refractivity (Wildman–Crippen MR) is 148 cm³/mol. The second kappa shape index (κ2) is 6.34. The molecule has 0 unspecified atom stereocenters. The maximum atomic E-state index is 4.96. The minimum absolute atomic E-state index is 0.117. The van der Waals surface area contributed by atoms with E-state index in [1.165, 1.54) is 54.8 Å². The summed E-state index contributed by atoms with van der Waals surface area (Å²) in [6.07, 6.45) is 2.09. The average Bonchev–Trinajstić information content (AvgIpc) is 2.78. The van der Waals surface area contributed by atoms with E-state index >= 15 is 0 Å². The topological polar surface area (TPSA) is 12.9 Å². The van der Waals surface area contributed by atoms with E-state index in [1.807, 2.05) is 0 Å². The fourth-order valence-electron chi connectivity index (χ4n) is 5.70. The SMILES string of the molecule is Bc1c(B)c(B)c(-c2cc3cc4c(cc3cn2)C(C)(C)C(C)(C)C4(C)C)c(B)c1B. The van der Waals surface area contributed by atoms with Crippen molar-refractivity contribution in [1.82, 2.24) is 4.98 Å². The molecule has 30 heavy (non-hydrogen) atoms. The molecular weight excluding hydrogens is 356 g/mol. The zero-order valence-corrected chi connectivity index (χ0v) is 20.8. The fraction of sp³-hybridized carbons (Fsp3) is 0.375. The summed E-state index contributed by atoms with van der Waals surface area (Å²) in [4.78, 5) is 4.96. The van der Waals surface area contributed by atoms with Crippen LogP contribution in [0.5, 0.6) is 0 Å². The molecule has 1 heterocycles. The zero-order chi connectivity index (χ0) is 22.4. The highest BCUT2D eigenvalue weighted by Crippen LogP contribution is 2.61. The van der Waals surface area contributed by atoms with Crippen LogP contribution in [0.4, 0.5) is 0 Å². The molecule has 4 rings (SSSR count). The van der Waals surface area contributed by atoms with Gasteiger partial charge in [-0.15, -0.1) is 16.4 Å². The van der Waals surface area contributed by atoms with Crippen LogP contribution in [-0.2, 0) is 10.8 Å². The number of hydrogen-bond donors (Lipinski definition) is 0. The van der Waals surface area contributed by atoms with Crippen LogP contribution in [0.15, 0.2) is 24.4 Å². The minimum Gasteiger partial charge on any atom is -0.256 e. The van der Waals surface area contributed by atoms with Crippen molar-refractivity contribution in [3.05, 3.63) is 35.5 Å². The molecule has 0 fully saturated rings. The molecule has 0 atom stereocenters. The lowest BCUT2D eigenvalue weighted by atomic mass is 9.59. The number of hydrogen-bond acceptors (Lipinski definition) is 1. The van der Waals surface area contributed by atoms with Gasteiger partial charge >= 0.3 is 0 Å². The van der Waals surface area contributed by atoms with Crippen molar-refractivity contribution in [1.29, 1.82) is 0 Å². The van der Waals surface area contributed by atoms with E-state index in [9.17, 15) is 0 Å². The standard InChI is InChI=1S/C24H32B5N/c1-22(2)13-7-11-9-15(16-17(25)19(27)21(29)20(28)18(16)26)30-10-12(11)8-14(13)23(3,4)24(22,5)6/h7-10H,25-29H2,1-6H3. The Bertz CT molecular complexity index is 1200. The third-order valence-electron chi connectivity index (χ3n) is 9.59. The van der Waals surface area contributed by atoms with Gasteiger partial charge in [0.25, 0.3) is 0 Å². The largest absolute Gasteiger partial charge is 0.256 e. The van der Waals surface area contributed by atoms with Gasteiger partial charge in [0, 0.05) is 11.6 Å². The summed E-state index contributed by atoms with van der Waals surface area (Å²) >= 11 is 0. The summed E-state index contributed by atoms with van der Waals surface area (Å²) in [6, 6.07) is 7.17. The predicted octanol–water partition coefficient (Wildman–Crippen LogP) is -2.21. The van der Waals surface area contributed by atoms with Crippen LogP contribution >= 0.6 is 0 Å². The van der Waals surface area contributed by atoms with E-state index in [0.717, 1.165) is 5.69 Å². The van der Waals surface area contributed by atoms with Crippen LogP contribution in [0.25, 0.3) is 22.0 Å². The molecule has 1 aliphatic rings. The Morgan fingerprint density at radius 2 is 1.03 bits per heavy atom. The van der Waals surface area contributed by atoms with Crippen LogP contribution in [0.1, 0.15) is 52.7 Å². The van der Waals surface area contributed by atoms with Crippen molar-refractivity contribution in [3.63, 3.8) is 0 Å². The maximum Gasteiger partial charge on any atom is 0.139 e. The molecule has 0 aliphatic heterocycles. The van der Waals surface area contributed by atoms with Gasteiger partial charge in [-0.25, -0.2) is 0 Å². The lowest BCUT2D eigenvalue weighted by molar-refractivity contribution is 0.125. The van der Waals surface area contributed by atoms with E-state index in [4.69, 9.17) is 4.98 Å². The molecule has 2 aromatic carbocycles. The molecular formula is C24H32B5N. The second-order valence-electron chi connectivity index (χ2n) is 11.2. The van der Waals surface area contributed by atoms with Gasteiger partial charge < -0.3 is 0 Å². The first kappa shape index (κ1) is 21.4. The number of aromatic nitrogens is 1. The summed E-state index contributed by atoms with van der Waals surface area (Å²) in [5.74, 6) is 0. The maximum absolute atomic E-state index is 4.96. The van der Waals surface area contributed by atoms with Gasteiger partial charge in [0.1, 0.15) is 39.2 Å². The molecule has 0 N–H and O–H groups in total. The van der Waals surface area contributed by atoms with Gasteiger partial charge in [0.15, 0.2) is 0 Å². The first-order valence-electron chi connectivity index (χ1n) is 11.3.